The van der Waals surface area contributed by atoms with Gasteiger partial charge in [0.15, 0.2) is 0 Å². The number of benzene rings is 1. The molecule has 1 N–H and O–H groups in total. The molecule has 0 radical (unpaired) electrons. The fourth-order valence-corrected chi connectivity index (χ4v) is 4.61. The molecule has 2 aliphatic heterocycles. The molecule has 4 heteroatoms. The van der Waals surface area contributed by atoms with Gasteiger partial charge >= 0.3 is 0 Å². The van der Waals surface area contributed by atoms with Gasteiger partial charge < -0.3 is 4.90 Å². The van der Waals surface area contributed by atoms with Gasteiger partial charge in [-0.2, -0.15) is 5.10 Å². The molecule has 1 aromatic carbocycles. The summed E-state index contributed by atoms with van der Waals surface area (Å²) in [6.45, 7) is 13.9. The lowest BCUT2D eigenvalue weighted by atomic mass is 9.86. The van der Waals surface area contributed by atoms with Crippen LogP contribution in [0.5, 0.6) is 0 Å². The maximum absolute atomic E-state index is 4.35. The predicted octanol–water partition coefficient (Wildman–Crippen LogP) is 3.61. The quantitative estimate of drug-likeness (QED) is 0.925. The normalized spacial score (nSPS) is 24.6. The van der Waals surface area contributed by atoms with Gasteiger partial charge in [-0.1, -0.05) is 19.1 Å². The van der Waals surface area contributed by atoms with Crippen LogP contribution in [0.2, 0.25) is 0 Å². The summed E-state index contributed by atoms with van der Waals surface area (Å²) in [7, 11) is 0. The number of aryl methyl sites for hydroxylation is 2. The van der Waals surface area contributed by atoms with Crippen molar-refractivity contribution in [3.8, 4) is 11.3 Å². The van der Waals surface area contributed by atoms with Gasteiger partial charge in [0.05, 0.1) is 11.9 Å². The average Bonchev–Trinajstić information content (AvgIpc) is 3.32. The minimum Gasteiger partial charge on any atom is -0.303 e. The Bertz CT molecular complexity index is 750. The van der Waals surface area contributed by atoms with Gasteiger partial charge in [-0.05, 0) is 68.9 Å². The summed E-state index contributed by atoms with van der Waals surface area (Å²) in [6, 6.07) is 6.69. The molecular weight excluding hydrogens is 308 g/mol. The Morgan fingerprint density at radius 1 is 1.08 bits per heavy atom. The summed E-state index contributed by atoms with van der Waals surface area (Å²) in [4.78, 5) is 5.25. The van der Waals surface area contributed by atoms with Crippen molar-refractivity contribution < 1.29 is 0 Å². The molecule has 0 amide bonds. The van der Waals surface area contributed by atoms with Crippen molar-refractivity contribution in [2.24, 2.45) is 5.41 Å². The molecule has 1 aromatic heterocycles. The fraction of sp³-hybridized carbons (Fsp3) is 0.571. The highest BCUT2D eigenvalue weighted by Gasteiger charge is 2.42. The van der Waals surface area contributed by atoms with Crippen LogP contribution in [0.15, 0.2) is 24.4 Å². The number of nitrogens with one attached hydrogen (secondary N) is 1. The van der Waals surface area contributed by atoms with Crippen LogP contribution in [-0.2, 0) is 6.54 Å². The van der Waals surface area contributed by atoms with Crippen molar-refractivity contribution in [1.29, 1.82) is 0 Å². The van der Waals surface area contributed by atoms with E-state index in [9.17, 15) is 0 Å². The van der Waals surface area contributed by atoms with E-state index in [1.54, 1.807) is 0 Å². The Balaban J connectivity index is 1.48. The topological polar surface area (TPSA) is 35.2 Å². The van der Waals surface area contributed by atoms with Gasteiger partial charge in [0.25, 0.3) is 0 Å². The summed E-state index contributed by atoms with van der Waals surface area (Å²) >= 11 is 0. The Hall–Kier alpha value is -1.65. The van der Waals surface area contributed by atoms with Crippen molar-refractivity contribution in [2.75, 3.05) is 32.7 Å². The average molecular weight is 338 g/mol. The molecule has 1 spiro atoms. The van der Waals surface area contributed by atoms with E-state index >= 15 is 0 Å². The second kappa shape index (κ2) is 6.58. The zero-order valence-electron chi connectivity index (χ0n) is 15.8. The molecule has 1 atom stereocenters. The maximum Gasteiger partial charge on any atom is 0.0695 e. The highest BCUT2D eigenvalue weighted by molar-refractivity contribution is 5.64. The van der Waals surface area contributed by atoms with E-state index in [-0.39, 0.29) is 0 Å². The van der Waals surface area contributed by atoms with Crippen LogP contribution in [0.25, 0.3) is 11.3 Å². The monoisotopic (exact) mass is 338 g/mol. The van der Waals surface area contributed by atoms with Crippen molar-refractivity contribution >= 4 is 0 Å². The number of rotatable bonds is 4. The molecule has 2 aromatic rings. The van der Waals surface area contributed by atoms with Crippen LogP contribution < -0.4 is 0 Å². The third-order valence-electron chi connectivity index (χ3n) is 6.39. The molecular formula is C21H30N4. The van der Waals surface area contributed by atoms with E-state index in [2.05, 4.69) is 59.0 Å². The third kappa shape index (κ3) is 3.25. The first-order chi connectivity index (χ1) is 12.1. The van der Waals surface area contributed by atoms with Crippen molar-refractivity contribution in [3.05, 3.63) is 41.1 Å². The summed E-state index contributed by atoms with van der Waals surface area (Å²) in [5.41, 5.74) is 6.98. The minimum atomic E-state index is 0.542. The van der Waals surface area contributed by atoms with Crippen LogP contribution in [-0.4, -0.2) is 52.7 Å². The lowest BCUT2D eigenvalue weighted by Crippen LogP contribution is -2.30. The predicted molar refractivity (Wildman–Crippen MR) is 103 cm³/mol. The minimum absolute atomic E-state index is 0.542. The molecule has 1 unspecified atom stereocenters. The number of nitrogens with zero attached hydrogens (tertiary/aromatic N) is 3. The first-order valence-electron chi connectivity index (χ1n) is 9.63. The van der Waals surface area contributed by atoms with Crippen molar-refractivity contribution in [3.63, 3.8) is 0 Å². The number of H-pyrrole nitrogens is 1. The largest absolute Gasteiger partial charge is 0.303 e. The molecule has 4 nitrogen and oxygen atoms in total. The summed E-state index contributed by atoms with van der Waals surface area (Å²) in [6.07, 6.45) is 4.73. The molecule has 0 aliphatic carbocycles. The highest BCUT2D eigenvalue weighted by atomic mass is 15.2. The van der Waals surface area contributed by atoms with E-state index < -0.39 is 0 Å². The van der Waals surface area contributed by atoms with E-state index in [1.807, 2.05) is 6.20 Å². The second-order valence-electron chi connectivity index (χ2n) is 8.15. The fourth-order valence-electron chi connectivity index (χ4n) is 4.61. The number of hydrogen-bond acceptors (Lipinski definition) is 3. The van der Waals surface area contributed by atoms with E-state index in [0.29, 0.717) is 5.41 Å². The van der Waals surface area contributed by atoms with E-state index in [4.69, 9.17) is 0 Å². The second-order valence-corrected chi connectivity index (χ2v) is 8.15. The van der Waals surface area contributed by atoms with Gasteiger partial charge in [-0.25, -0.2) is 0 Å². The molecule has 4 rings (SSSR count). The molecule has 2 saturated heterocycles. The lowest BCUT2D eigenvalue weighted by molar-refractivity contribution is 0.241. The smallest absolute Gasteiger partial charge is 0.0695 e. The SMILES string of the molecule is CCN1CCC2(CCN(Cc3cn[nH]c3-c3ccc(C)c(C)c3)C2)C1. The van der Waals surface area contributed by atoms with Crippen LogP contribution in [0.1, 0.15) is 36.5 Å². The maximum atomic E-state index is 4.35. The lowest BCUT2D eigenvalue weighted by Gasteiger charge is -2.24. The first kappa shape index (κ1) is 16.8. The van der Waals surface area contributed by atoms with E-state index in [0.717, 1.165) is 6.54 Å². The molecule has 25 heavy (non-hydrogen) atoms. The Morgan fingerprint density at radius 2 is 1.84 bits per heavy atom. The molecule has 2 aliphatic rings. The number of aromatic nitrogens is 2. The molecule has 134 valence electrons. The zero-order valence-corrected chi connectivity index (χ0v) is 15.8. The van der Waals surface area contributed by atoms with Crippen LogP contribution in [0.4, 0.5) is 0 Å². The highest BCUT2D eigenvalue weighted by Crippen LogP contribution is 2.40. The molecule has 2 fully saturated rings. The van der Waals surface area contributed by atoms with Crippen LogP contribution >= 0.6 is 0 Å². The summed E-state index contributed by atoms with van der Waals surface area (Å²) in [5.74, 6) is 0. The zero-order chi connectivity index (χ0) is 17.4. The third-order valence-corrected chi connectivity index (χ3v) is 6.39. The molecule has 0 saturated carbocycles. The van der Waals surface area contributed by atoms with Gasteiger partial charge in [0.2, 0.25) is 0 Å². The van der Waals surface area contributed by atoms with Crippen LogP contribution in [0, 0.1) is 19.3 Å². The van der Waals surface area contributed by atoms with Gasteiger partial charge in [0.1, 0.15) is 0 Å². The number of aromatic amines is 1. The van der Waals surface area contributed by atoms with Gasteiger partial charge in [0, 0.05) is 30.8 Å². The van der Waals surface area contributed by atoms with Crippen molar-refractivity contribution in [1.82, 2.24) is 20.0 Å². The standard InChI is InChI=1S/C21H30N4/c1-4-24-9-7-21(14-24)8-10-25(15-21)13-19-12-22-23-20(19)18-6-5-16(2)17(3)11-18/h5-6,11-12H,4,7-10,13-15H2,1-3H3,(H,22,23). The van der Waals surface area contributed by atoms with Gasteiger partial charge in [-0.15, -0.1) is 0 Å². The summed E-state index contributed by atoms with van der Waals surface area (Å²) in [5, 5.41) is 7.58. The summed E-state index contributed by atoms with van der Waals surface area (Å²) < 4.78 is 0. The molecule has 0 bridgehead atoms. The van der Waals surface area contributed by atoms with Crippen LogP contribution in [0.3, 0.4) is 0 Å². The number of hydrogen-bond donors (Lipinski definition) is 1. The first-order valence-corrected chi connectivity index (χ1v) is 9.63. The Kier molecular flexibility index (Phi) is 4.42. The Labute approximate surface area is 151 Å². The number of likely N-dealkylation sites (tertiary alicyclic amines) is 2. The Morgan fingerprint density at radius 3 is 2.56 bits per heavy atom. The molecule has 3 heterocycles. The van der Waals surface area contributed by atoms with E-state index in [1.165, 1.54) is 73.5 Å². The van der Waals surface area contributed by atoms with Gasteiger partial charge in [-0.3, -0.25) is 10.00 Å². The van der Waals surface area contributed by atoms with Crippen molar-refractivity contribution in [2.45, 2.75) is 40.2 Å².